The van der Waals surface area contributed by atoms with Crippen molar-refractivity contribution in [2.75, 3.05) is 26.4 Å². The van der Waals surface area contributed by atoms with Crippen molar-refractivity contribution in [2.45, 2.75) is 58.2 Å². The van der Waals surface area contributed by atoms with Crippen LogP contribution in [0, 0.1) is 11.8 Å². The molecule has 1 amide bonds. The van der Waals surface area contributed by atoms with Gasteiger partial charge in [0.25, 0.3) is 0 Å². The SMILES string of the molecule is CC(C)C[C@H](CNC(=O)[C@H]1CCCO1)CC(=O)OC1CCOC1. The van der Waals surface area contributed by atoms with E-state index >= 15 is 0 Å². The van der Waals surface area contributed by atoms with Crippen LogP contribution in [0.3, 0.4) is 0 Å². The fourth-order valence-corrected chi connectivity index (χ4v) is 3.12. The molecule has 0 aromatic rings. The summed E-state index contributed by atoms with van der Waals surface area (Å²) in [5.41, 5.74) is 0. The molecule has 1 unspecified atom stereocenters. The summed E-state index contributed by atoms with van der Waals surface area (Å²) in [5.74, 6) is 0.295. The lowest BCUT2D eigenvalue weighted by Gasteiger charge is -2.21. The van der Waals surface area contributed by atoms with Crippen LogP contribution in [0.15, 0.2) is 0 Å². The highest BCUT2D eigenvalue weighted by atomic mass is 16.6. The first-order valence-electron chi connectivity index (χ1n) is 8.71. The molecule has 0 saturated carbocycles. The molecule has 0 aromatic carbocycles. The zero-order valence-corrected chi connectivity index (χ0v) is 14.2. The van der Waals surface area contributed by atoms with Crippen LogP contribution >= 0.6 is 0 Å². The van der Waals surface area contributed by atoms with Crippen LogP contribution < -0.4 is 5.32 Å². The first-order valence-corrected chi connectivity index (χ1v) is 8.71. The van der Waals surface area contributed by atoms with Gasteiger partial charge in [0, 0.05) is 19.6 Å². The maximum atomic E-state index is 12.1. The number of nitrogens with one attached hydrogen (secondary N) is 1. The van der Waals surface area contributed by atoms with Gasteiger partial charge in [-0.25, -0.2) is 0 Å². The second-order valence-electron chi connectivity index (χ2n) is 6.92. The van der Waals surface area contributed by atoms with Gasteiger partial charge in [-0.1, -0.05) is 13.8 Å². The van der Waals surface area contributed by atoms with Crippen molar-refractivity contribution < 1.29 is 23.8 Å². The maximum absolute atomic E-state index is 12.1. The average Bonchev–Trinajstić information content (AvgIpc) is 3.16. The number of ether oxygens (including phenoxy) is 3. The van der Waals surface area contributed by atoms with E-state index in [0.29, 0.717) is 38.7 Å². The highest BCUT2D eigenvalue weighted by Crippen LogP contribution is 2.18. The van der Waals surface area contributed by atoms with E-state index < -0.39 is 0 Å². The van der Waals surface area contributed by atoms with Gasteiger partial charge in [0.2, 0.25) is 5.91 Å². The molecular weight excluding hydrogens is 298 g/mol. The molecule has 0 radical (unpaired) electrons. The largest absolute Gasteiger partial charge is 0.460 e. The fraction of sp³-hybridized carbons (Fsp3) is 0.882. The van der Waals surface area contributed by atoms with Gasteiger partial charge in [-0.3, -0.25) is 9.59 Å². The number of carbonyl (C=O) groups is 2. The Kier molecular flexibility index (Phi) is 7.30. The summed E-state index contributed by atoms with van der Waals surface area (Å²) in [4.78, 5) is 24.1. The van der Waals surface area contributed by atoms with Crippen molar-refractivity contribution in [1.29, 1.82) is 0 Å². The molecule has 2 fully saturated rings. The van der Waals surface area contributed by atoms with Crippen LogP contribution in [0.2, 0.25) is 0 Å². The van der Waals surface area contributed by atoms with Gasteiger partial charge in [-0.05, 0) is 31.1 Å². The molecule has 6 heteroatoms. The first kappa shape index (κ1) is 18.2. The van der Waals surface area contributed by atoms with Crippen LogP contribution in [-0.2, 0) is 23.8 Å². The van der Waals surface area contributed by atoms with Crippen molar-refractivity contribution in [1.82, 2.24) is 5.32 Å². The third kappa shape index (κ3) is 6.47. The molecule has 2 rings (SSSR count). The van der Waals surface area contributed by atoms with Crippen molar-refractivity contribution in [2.24, 2.45) is 11.8 Å². The Hall–Kier alpha value is -1.14. The second kappa shape index (κ2) is 9.23. The second-order valence-corrected chi connectivity index (χ2v) is 6.92. The van der Waals surface area contributed by atoms with Crippen LogP contribution in [0.4, 0.5) is 0 Å². The molecule has 0 spiro atoms. The van der Waals surface area contributed by atoms with E-state index in [4.69, 9.17) is 14.2 Å². The molecule has 23 heavy (non-hydrogen) atoms. The Morgan fingerprint density at radius 3 is 2.70 bits per heavy atom. The predicted octanol–water partition coefficient (Wildman–Crippen LogP) is 1.67. The first-order chi connectivity index (χ1) is 11.0. The minimum Gasteiger partial charge on any atom is -0.460 e. The Labute approximate surface area is 138 Å². The molecule has 0 bridgehead atoms. The maximum Gasteiger partial charge on any atom is 0.306 e. The number of esters is 1. The number of rotatable bonds is 8. The molecule has 0 aromatic heterocycles. The van der Waals surface area contributed by atoms with Crippen molar-refractivity contribution >= 4 is 11.9 Å². The topological polar surface area (TPSA) is 73.9 Å². The molecule has 2 aliphatic heterocycles. The summed E-state index contributed by atoms with van der Waals surface area (Å²) >= 11 is 0. The smallest absolute Gasteiger partial charge is 0.306 e. The third-order valence-electron chi connectivity index (χ3n) is 4.23. The number of carbonyl (C=O) groups excluding carboxylic acids is 2. The number of hydrogen-bond donors (Lipinski definition) is 1. The van der Waals surface area contributed by atoms with Gasteiger partial charge < -0.3 is 19.5 Å². The van der Waals surface area contributed by atoms with Crippen molar-refractivity contribution in [3.05, 3.63) is 0 Å². The monoisotopic (exact) mass is 327 g/mol. The summed E-state index contributed by atoms with van der Waals surface area (Å²) in [6.07, 6.45) is 3.27. The van der Waals surface area contributed by atoms with Gasteiger partial charge in [-0.15, -0.1) is 0 Å². The molecule has 2 saturated heterocycles. The zero-order chi connectivity index (χ0) is 16.7. The lowest BCUT2D eigenvalue weighted by atomic mass is 9.94. The van der Waals surface area contributed by atoms with Crippen LogP contribution in [-0.4, -0.2) is 50.4 Å². The van der Waals surface area contributed by atoms with Crippen LogP contribution in [0.25, 0.3) is 0 Å². The highest BCUT2D eigenvalue weighted by molar-refractivity contribution is 5.81. The highest BCUT2D eigenvalue weighted by Gasteiger charge is 2.26. The van der Waals surface area contributed by atoms with Gasteiger partial charge in [0.15, 0.2) is 0 Å². The third-order valence-corrected chi connectivity index (χ3v) is 4.23. The summed E-state index contributed by atoms with van der Waals surface area (Å²) in [5, 5.41) is 2.93. The van der Waals surface area contributed by atoms with Crippen LogP contribution in [0.5, 0.6) is 0 Å². The fourth-order valence-electron chi connectivity index (χ4n) is 3.12. The average molecular weight is 327 g/mol. The van der Waals surface area contributed by atoms with Gasteiger partial charge in [0.1, 0.15) is 12.2 Å². The normalized spacial score (nSPS) is 25.5. The summed E-state index contributed by atoms with van der Waals surface area (Å²) in [7, 11) is 0. The van der Waals surface area contributed by atoms with E-state index in [1.165, 1.54) is 0 Å². The zero-order valence-electron chi connectivity index (χ0n) is 14.2. The van der Waals surface area contributed by atoms with Gasteiger partial charge >= 0.3 is 5.97 Å². The minimum atomic E-state index is -0.322. The predicted molar refractivity (Wildman–Crippen MR) is 84.9 cm³/mol. The molecule has 2 aliphatic rings. The van der Waals surface area contributed by atoms with E-state index in [1.807, 2.05) is 0 Å². The summed E-state index contributed by atoms with van der Waals surface area (Å²) in [6.45, 7) is 6.54. The van der Waals surface area contributed by atoms with Crippen LogP contribution in [0.1, 0.15) is 46.0 Å². The lowest BCUT2D eigenvalue weighted by Crippen LogP contribution is -2.38. The molecule has 1 N–H and O–H groups in total. The van der Waals surface area contributed by atoms with E-state index in [2.05, 4.69) is 19.2 Å². The molecule has 6 nitrogen and oxygen atoms in total. The van der Waals surface area contributed by atoms with Crippen molar-refractivity contribution in [3.63, 3.8) is 0 Å². The Balaban J connectivity index is 1.75. The molecule has 2 heterocycles. The minimum absolute atomic E-state index is 0.0613. The van der Waals surface area contributed by atoms with Gasteiger partial charge in [-0.2, -0.15) is 0 Å². The van der Waals surface area contributed by atoms with Crippen molar-refractivity contribution in [3.8, 4) is 0 Å². The van der Waals surface area contributed by atoms with E-state index in [-0.39, 0.29) is 30.0 Å². The van der Waals surface area contributed by atoms with E-state index in [9.17, 15) is 9.59 Å². The quantitative estimate of drug-likeness (QED) is 0.687. The standard InChI is InChI=1S/C17H29NO5/c1-12(2)8-13(9-16(19)23-14-5-7-21-11-14)10-18-17(20)15-4-3-6-22-15/h12-15H,3-11H2,1-2H3,(H,18,20)/t13-,14?,15+/m0/s1. The Morgan fingerprint density at radius 1 is 1.26 bits per heavy atom. The Bertz CT molecular complexity index is 386. The summed E-state index contributed by atoms with van der Waals surface area (Å²) in [6, 6.07) is 0. The summed E-state index contributed by atoms with van der Waals surface area (Å²) < 4.78 is 16.0. The molecule has 3 atom stereocenters. The van der Waals surface area contributed by atoms with E-state index in [1.54, 1.807) is 0 Å². The van der Waals surface area contributed by atoms with Gasteiger partial charge in [0.05, 0.1) is 19.6 Å². The molecule has 0 aliphatic carbocycles. The number of amides is 1. The lowest BCUT2D eigenvalue weighted by molar-refractivity contribution is -0.150. The van der Waals surface area contributed by atoms with E-state index in [0.717, 1.165) is 25.7 Å². The number of hydrogen-bond acceptors (Lipinski definition) is 5. The Morgan fingerprint density at radius 2 is 2.09 bits per heavy atom. The molecule has 132 valence electrons. The molecular formula is C17H29NO5.